The third-order valence-corrected chi connectivity index (χ3v) is 7.45. The summed E-state index contributed by atoms with van der Waals surface area (Å²) in [5.41, 5.74) is 2.48. The number of aliphatic hydroxyl groups is 1. The number of likely N-dealkylation sites (tertiary alicyclic amines) is 2. The minimum atomic E-state index is -0.413. The van der Waals surface area contributed by atoms with Crippen LogP contribution in [0.5, 0.6) is 0 Å². The quantitative estimate of drug-likeness (QED) is 0.766. The van der Waals surface area contributed by atoms with E-state index < -0.39 is 6.10 Å². The molecule has 3 aliphatic rings. The molecule has 8 nitrogen and oxygen atoms in total. The standard InChI is InChI=1S/C24H33N5O3/c30-19-9-12-27(15-19)24(32)25-10-13-28-16-26-20-14-18(7-8-22(20)28)23(31)29-11-3-5-17-4-1-2-6-21(17)29/h7-8,14,16-17,19,21,30H,1-6,9-13,15H2,(H,25,32). The molecule has 3 heterocycles. The molecule has 1 saturated carbocycles. The van der Waals surface area contributed by atoms with Crippen molar-refractivity contribution in [1.29, 1.82) is 0 Å². The fourth-order valence-corrected chi connectivity index (χ4v) is 5.74. The zero-order valence-electron chi connectivity index (χ0n) is 18.6. The highest BCUT2D eigenvalue weighted by Crippen LogP contribution is 2.36. The molecule has 0 bridgehead atoms. The van der Waals surface area contributed by atoms with E-state index in [9.17, 15) is 14.7 Å². The lowest BCUT2D eigenvalue weighted by Gasteiger charge is -2.44. The highest BCUT2D eigenvalue weighted by Gasteiger charge is 2.36. The van der Waals surface area contributed by atoms with Crippen LogP contribution in [0, 0.1) is 5.92 Å². The van der Waals surface area contributed by atoms with Gasteiger partial charge in [0.05, 0.1) is 23.5 Å². The topological polar surface area (TPSA) is 90.7 Å². The number of aromatic nitrogens is 2. The second kappa shape index (κ2) is 9.10. The van der Waals surface area contributed by atoms with Crippen LogP contribution in [0.4, 0.5) is 4.79 Å². The molecule has 0 radical (unpaired) electrons. The van der Waals surface area contributed by atoms with Crippen molar-refractivity contribution in [1.82, 2.24) is 24.7 Å². The van der Waals surface area contributed by atoms with Crippen molar-refractivity contribution in [2.24, 2.45) is 5.92 Å². The molecule has 2 aliphatic heterocycles. The molecule has 8 heteroatoms. The molecule has 0 spiro atoms. The number of carbonyl (C=O) groups excluding carboxylic acids is 2. The molecule has 1 aliphatic carbocycles. The number of piperidine rings is 1. The lowest BCUT2D eigenvalue weighted by molar-refractivity contribution is 0.0391. The normalized spacial score (nSPS) is 25.7. The van der Waals surface area contributed by atoms with Crippen LogP contribution < -0.4 is 5.32 Å². The fraction of sp³-hybridized carbons (Fsp3) is 0.625. The van der Waals surface area contributed by atoms with E-state index in [4.69, 9.17) is 0 Å². The summed E-state index contributed by atoms with van der Waals surface area (Å²) in [6.07, 6.45) is 9.27. The Hall–Kier alpha value is -2.61. The summed E-state index contributed by atoms with van der Waals surface area (Å²) in [6.45, 7) is 2.93. The van der Waals surface area contributed by atoms with Gasteiger partial charge < -0.3 is 24.8 Å². The molecule has 2 N–H and O–H groups in total. The molecular weight excluding hydrogens is 406 g/mol. The molecule has 3 unspecified atom stereocenters. The number of amides is 3. The first-order chi connectivity index (χ1) is 15.6. The average molecular weight is 440 g/mol. The summed E-state index contributed by atoms with van der Waals surface area (Å²) in [5.74, 6) is 0.807. The Labute approximate surface area is 188 Å². The Morgan fingerprint density at radius 2 is 1.94 bits per heavy atom. The smallest absolute Gasteiger partial charge is 0.317 e. The van der Waals surface area contributed by atoms with E-state index in [2.05, 4.69) is 15.2 Å². The van der Waals surface area contributed by atoms with Crippen LogP contribution in [0.1, 0.15) is 55.3 Å². The van der Waals surface area contributed by atoms with Crippen molar-refractivity contribution in [2.45, 2.75) is 63.6 Å². The Bertz CT molecular complexity index is 987. The van der Waals surface area contributed by atoms with Crippen molar-refractivity contribution in [3.05, 3.63) is 30.1 Å². The van der Waals surface area contributed by atoms with Crippen LogP contribution in [-0.2, 0) is 6.54 Å². The SMILES string of the molecule is O=C(NCCn1cnc2cc(C(=O)N3CCCC4CCCCC43)ccc21)N1CCC(O)C1. The monoisotopic (exact) mass is 439 g/mol. The maximum atomic E-state index is 13.3. The Kier molecular flexibility index (Phi) is 6.04. The van der Waals surface area contributed by atoms with Crippen molar-refractivity contribution < 1.29 is 14.7 Å². The van der Waals surface area contributed by atoms with E-state index in [0.29, 0.717) is 44.6 Å². The third kappa shape index (κ3) is 4.20. The molecule has 1 aromatic carbocycles. The molecule has 172 valence electrons. The number of fused-ring (bicyclic) bond motifs is 2. The van der Waals surface area contributed by atoms with Crippen molar-refractivity contribution in [3.63, 3.8) is 0 Å². The van der Waals surface area contributed by atoms with Gasteiger partial charge in [-0.05, 0) is 56.2 Å². The van der Waals surface area contributed by atoms with E-state index in [1.54, 1.807) is 11.2 Å². The predicted octanol–water partition coefficient (Wildman–Crippen LogP) is 2.61. The van der Waals surface area contributed by atoms with Gasteiger partial charge in [-0.25, -0.2) is 9.78 Å². The van der Waals surface area contributed by atoms with E-state index in [-0.39, 0.29) is 11.9 Å². The first kappa shape index (κ1) is 21.2. The van der Waals surface area contributed by atoms with Gasteiger partial charge in [-0.1, -0.05) is 12.8 Å². The van der Waals surface area contributed by atoms with Crippen molar-refractivity contribution in [3.8, 4) is 0 Å². The van der Waals surface area contributed by atoms with Gasteiger partial charge in [0.1, 0.15) is 0 Å². The van der Waals surface area contributed by atoms with Gasteiger partial charge in [0.25, 0.3) is 5.91 Å². The van der Waals surface area contributed by atoms with Gasteiger partial charge in [-0.15, -0.1) is 0 Å². The number of carbonyl (C=O) groups is 2. The molecule has 2 saturated heterocycles. The second-order valence-corrected chi connectivity index (χ2v) is 9.51. The summed E-state index contributed by atoms with van der Waals surface area (Å²) in [4.78, 5) is 33.8. The van der Waals surface area contributed by atoms with Crippen LogP contribution in [0.3, 0.4) is 0 Å². The lowest BCUT2D eigenvalue weighted by atomic mass is 9.78. The summed E-state index contributed by atoms with van der Waals surface area (Å²) in [5, 5.41) is 12.5. The van der Waals surface area contributed by atoms with Crippen LogP contribution in [0.15, 0.2) is 24.5 Å². The van der Waals surface area contributed by atoms with Gasteiger partial charge in [-0.3, -0.25) is 4.79 Å². The highest BCUT2D eigenvalue weighted by atomic mass is 16.3. The number of hydrogen-bond acceptors (Lipinski definition) is 4. The van der Waals surface area contributed by atoms with E-state index in [0.717, 1.165) is 36.0 Å². The van der Waals surface area contributed by atoms with Crippen molar-refractivity contribution >= 4 is 23.0 Å². The van der Waals surface area contributed by atoms with Crippen LogP contribution in [0.25, 0.3) is 11.0 Å². The highest BCUT2D eigenvalue weighted by molar-refractivity contribution is 5.97. The number of nitrogens with zero attached hydrogens (tertiary/aromatic N) is 4. The summed E-state index contributed by atoms with van der Waals surface area (Å²) in [6, 6.07) is 6.06. The Balaban J connectivity index is 1.22. The van der Waals surface area contributed by atoms with E-state index in [1.807, 2.05) is 22.8 Å². The predicted molar refractivity (Wildman–Crippen MR) is 121 cm³/mol. The minimum Gasteiger partial charge on any atom is -0.391 e. The fourth-order valence-electron chi connectivity index (χ4n) is 5.74. The molecular formula is C24H33N5O3. The number of nitrogens with one attached hydrogen (secondary N) is 1. The van der Waals surface area contributed by atoms with Crippen LogP contribution in [0.2, 0.25) is 0 Å². The molecule has 3 fully saturated rings. The number of benzene rings is 1. The maximum Gasteiger partial charge on any atom is 0.317 e. The minimum absolute atomic E-state index is 0.137. The number of imidazole rings is 1. The van der Waals surface area contributed by atoms with Gasteiger partial charge in [0.15, 0.2) is 0 Å². The largest absolute Gasteiger partial charge is 0.391 e. The average Bonchev–Trinajstić information content (AvgIpc) is 3.44. The van der Waals surface area contributed by atoms with E-state index >= 15 is 0 Å². The number of urea groups is 1. The Morgan fingerprint density at radius 1 is 1.09 bits per heavy atom. The first-order valence-electron chi connectivity index (χ1n) is 12.1. The maximum absolute atomic E-state index is 13.3. The molecule has 3 atom stereocenters. The summed E-state index contributed by atoms with van der Waals surface area (Å²) >= 11 is 0. The van der Waals surface area contributed by atoms with Crippen LogP contribution in [-0.4, -0.2) is 74.7 Å². The number of rotatable bonds is 4. The second-order valence-electron chi connectivity index (χ2n) is 9.51. The van der Waals surface area contributed by atoms with Gasteiger partial charge in [-0.2, -0.15) is 0 Å². The molecule has 2 aromatic rings. The van der Waals surface area contributed by atoms with Gasteiger partial charge >= 0.3 is 6.03 Å². The molecule has 32 heavy (non-hydrogen) atoms. The summed E-state index contributed by atoms with van der Waals surface area (Å²) in [7, 11) is 0. The van der Waals surface area contributed by atoms with Crippen LogP contribution >= 0.6 is 0 Å². The first-order valence-corrected chi connectivity index (χ1v) is 12.1. The number of aliphatic hydroxyl groups excluding tert-OH is 1. The lowest BCUT2D eigenvalue weighted by Crippen LogP contribution is -2.49. The zero-order valence-corrected chi connectivity index (χ0v) is 18.6. The summed E-state index contributed by atoms with van der Waals surface area (Å²) < 4.78 is 2.00. The van der Waals surface area contributed by atoms with Gasteiger partial charge in [0, 0.05) is 44.3 Å². The number of hydrogen-bond donors (Lipinski definition) is 2. The molecule has 3 amide bonds. The third-order valence-electron chi connectivity index (χ3n) is 7.45. The van der Waals surface area contributed by atoms with Crippen molar-refractivity contribution in [2.75, 3.05) is 26.2 Å². The Morgan fingerprint density at radius 3 is 2.78 bits per heavy atom. The van der Waals surface area contributed by atoms with E-state index in [1.165, 1.54) is 25.7 Å². The molecule has 1 aromatic heterocycles. The zero-order chi connectivity index (χ0) is 22.1. The molecule has 5 rings (SSSR count). The van der Waals surface area contributed by atoms with Gasteiger partial charge in [0.2, 0.25) is 0 Å². The number of β-amino-alcohol motifs (C(OH)–C–C–N with tert-alkyl or cyclic N) is 1.